The van der Waals surface area contributed by atoms with Crippen LogP contribution >= 0.6 is 0 Å². The van der Waals surface area contributed by atoms with Gasteiger partial charge < -0.3 is 16.2 Å². The maximum Gasteiger partial charge on any atom is 0.168 e. The first-order valence-electron chi connectivity index (χ1n) is 7.40. The molecule has 24 heavy (non-hydrogen) atoms. The molecule has 2 aromatic carbocycles. The molecule has 5 nitrogen and oxygen atoms in total. The molecule has 0 spiro atoms. The summed E-state index contributed by atoms with van der Waals surface area (Å²) in [6.45, 7) is 2.30. The zero-order valence-corrected chi connectivity index (χ0v) is 12.9. The minimum atomic E-state index is -1.06. The predicted molar refractivity (Wildman–Crippen MR) is 88.7 cm³/mol. The third-order valence-electron chi connectivity index (χ3n) is 3.46. The van der Waals surface area contributed by atoms with E-state index in [-0.39, 0.29) is 17.4 Å². The van der Waals surface area contributed by atoms with Gasteiger partial charge in [0.1, 0.15) is 11.6 Å². The van der Waals surface area contributed by atoms with Crippen molar-refractivity contribution in [3.8, 4) is 17.1 Å². The number of phenolic OH excluding ortho intramolecular Hbond substituents is 1. The molecule has 3 rings (SSSR count). The van der Waals surface area contributed by atoms with Crippen molar-refractivity contribution >= 4 is 16.7 Å². The van der Waals surface area contributed by atoms with E-state index in [2.05, 4.69) is 15.3 Å². The zero-order valence-electron chi connectivity index (χ0n) is 12.9. The number of rotatable bonds is 4. The first kappa shape index (κ1) is 16.1. The molecule has 0 saturated carbocycles. The molecule has 124 valence electrons. The van der Waals surface area contributed by atoms with Crippen LogP contribution in [0.2, 0.25) is 0 Å². The molecule has 7 heteroatoms. The van der Waals surface area contributed by atoms with Gasteiger partial charge in [0.2, 0.25) is 0 Å². The van der Waals surface area contributed by atoms with Crippen LogP contribution in [0.25, 0.3) is 22.3 Å². The smallest absolute Gasteiger partial charge is 0.168 e. The van der Waals surface area contributed by atoms with E-state index in [0.29, 0.717) is 23.9 Å². The average Bonchev–Trinajstić information content (AvgIpc) is 2.55. The topological polar surface area (TPSA) is 84.1 Å². The number of nitrogens with two attached hydrogens (primary N) is 1. The molecular weight excluding hydrogens is 314 g/mol. The number of hydrogen-bond acceptors (Lipinski definition) is 5. The molecule has 0 fully saturated rings. The standard InChI is InChI=1S/C17H16F2N4O/c1-9(20)8-21-16-11-4-2-3-5-14(11)22-17(23-16)12-6-10(18)7-13(19)15(12)24/h2-7,9,24H,8,20H2,1H3,(H,21,22,23). The van der Waals surface area contributed by atoms with Gasteiger partial charge in [-0.2, -0.15) is 0 Å². The van der Waals surface area contributed by atoms with Crippen molar-refractivity contribution in [1.29, 1.82) is 0 Å². The number of para-hydroxylation sites is 1. The quantitative estimate of drug-likeness (QED) is 0.685. The van der Waals surface area contributed by atoms with Crippen LogP contribution in [-0.4, -0.2) is 27.7 Å². The molecule has 4 N–H and O–H groups in total. The molecule has 0 aliphatic carbocycles. The van der Waals surface area contributed by atoms with Gasteiger partial charge in [-0.05, 0) is 25.1 Å². The number of benzene rings is 2. The second kappa shape index (κ2) is 6.37. The zero-order chi connectivity index (χ0) is 17.3. The van der Waals surface area contributed by atoms with Crippen LogP contribution in [0, 0.1) is 11.6 Å². The molecule has 1 aromatic heterocycles. The van der Waals surface area contributed by atoms with Crippen molar-refractivity contribution in [3.63, 3.8) is 0 Å². The molecule has 1 atom stereocenters. The Kier molecular flexibility index (Phi) is 4.26. The highest BCUT2D eigenvalue weighted by atomic mass is 19.1. The molecule has 0 amide bonds. The Morgan fingerprint density at radius 3 is 2.71 bits per heavy atom. The van der Waals surface area contributed by atoms with Crippen LogP contribution < -0.4 is 11.1 Å². The van der Waals surface area contributed by atoms with Crippen LogP contribution in [0.4, 0.5) is 14.6 Å². The Balaban J connectivity index is 2.19. The lowest BCUT2D eigenvalue weighted by atomic mass is 10.1. The molecule has 0 saturated heterocycles. The lowest BCUT2D eigenvalue weighted by Gasteiger charge is -2.13. The van der Waals surface area contributed by atoms with Crippen LogP contribution in [0.3, 0.4) is 0 Å². The second-order valence-corrected chi connectivity index (χ2v) is 5.55. The van der Waals surface area contributed by atoms with Gasteiger partial charge in [-0.1, -0.05) is 12.1 Å². The number of phenols is 1. The summed E-state index contributed by atoms with van der Waals surface area (Å²) in [5.41, 5.74) is 6.23. The summed E-state index contributed by atoms with van der Waals surface area (Å²) in [6, 6.07) is 8.70. The summed E-state index contributed by atoms with van der Waals surface area (Å²) < 4.78 is 27.1. The molecule has 1 heterocycles. The first-order chi connectivity index (χ1) is 11.5. The molecule has 3 aromatic rings. The van der Waals surface area contributed by atoms with Crippen molar-refractivity contribution in [2.45, 2.75) is 13.0 Å². The summed E-state index contributed by atoms with van der Waals surface area (Å²) in [6.07, 6.45) is 0. The molecule has 0 bridgehead atoms. The highest BCUT2D eigenvalue weighted by Gasteiger charge is 2.16. The van der Waals surface area contributed by atoms with Crippen molar-refractivity contribution in [2.75, 3.05) is 11.9 Å². The van der Waals surface area contributed by atoms with Crippen molar-refractivity contribution in [2.24, 2.45) is 5.73 Å². The number of halogens is 2. The largest absolute Gasteiger partial charge is 0.504 e. The van der Waals surface area contributed by atoms with E-state index in [1.165, 1.54) is 0 Å². The third kappa shape index (κ3) is 3.11. The van der Waals surface area contributed by atoms with Gasteiger partial charge in [-0.25, -0.2) is 18.7 Å². The highest BCUT2D eigenvalue weighted by molar-refractivity contribution is 5.90. The Hall–Kier alpha value is -2.80. The SMILES string of the molecule is CC(N)CNc1nc(-c2cc(F)cc(F)c2O)nc2ccccc12. The van der Waals surface area contributed by atoms with E-state index in [0.717, 1.165) is 11.5 Å². The minimum absolute atomic E-state index is 0.0248. The van der Waals surface area contributed by atoms with Crippen LogP contribution in [0.5, 0.6) is 5.75 Å². The number of aromatic nitrogens is 2. The van der Waals surface area contributed by atoms with Gasteiger partial charge in [-0.15, -0.1) is 0 Å². The van der Waals surface area contributed by atoms with E-state index in [1.807, 2.05) is 19.1 Å². The number of fused-ring (bicyclic) bond motifs is 1. The van der Waals surface area contributed by atoms with Gasteiger partial charge in [0.15, 0.2) is 17.4 Å². The van der Waals surface area contributed by atoms with E-state index in [9.17, 15) is 13.9 Å². The molecule has 1 unspecified atom stereocenters. The van der Waals surface area contributed by atoms with Crippen LogP contribution in [0.15, 0.2) is 36.4 Å². The molecular formula is C17H16F2N4O. The first-order valence-corrected chi connectivity index (χ1v) is 7.40. The Labute approximate surface area is 137 Å². The van der Waals surface area contributed by atoms with E-state index in [4.69, 9.17) is 5.73 Å². The lowest BCUT2D eigenvalue weighted by molar-refractivity contribution is 0.429. The Bertz CT molecular complexity index is 899. The summed E-state index contributed by atoms with van der Waals surface area (Å²) in [5, 5.41) is 13.7. The van der Waals surface area contributed by atoms with Gasteiger partial charge >= 0.3 is 0 Å². The van der Waals surface area contributed by atoms with E-state index in [1.54, 1.807) is 12.1 Å². The summed E-state index contributed by atoms with van der Waals surface area (Å²) >= 11 is 0. The number of nitrogens with zero attached hydrogens (tertiary/aromatic N) is 2. The summed E-state index contributed by atoms with van der Waals surface area (Å²) in [5.74, 6) is -2.06. The van der Waals surface area contributed by atoms with E-state index < -0.39 is 17.4 Å². The average molecular weight is 330 g/mol. The van der Waals surface area contributed by atoms with Crippen molar-refractivity contribution in [1.82, 2.24) is 9.97 Å². The lowest BCUT2D eigenvalue weighted by Crippen LogP contribution is -2.25. The van der Waals surface area contributed by atoms with Gasteiger partial charge in [0, 0.05) is 24.0 Å². The predicted octanol–water partition coefficient (Wildman–Crippen LogP) is 3.04. The van der Waals surface area contributed by atoms with Gasteiger partial charge in [0.05, 0.1) is 11.1 Å². The van der Waals surface area contributed by atoms with Gasteiger partial charge in [-0.3, -0.25) is 0 Å². The highest BCUT2D eigenvalue weighted by Crippen LogP contribution is 2.32. The number of anilines is 1. The number of hydrogen-bond donors (Lipinski definition) is 3. The number of nitrogens with one attached hydrogen (secondary N) is 1. The second-order valence-electron chi connectivity index (χ2n) is 5.55. The molecule has 0 aliphatic rings. The van der Waals surface area contributed by atoms with E-state index >= 15 is 0 Å². The van der Waals surface area contributed by atoms with Crippen LogP contribution in [0.1, 0.15) is 6.92 Å². The van der Waals surface area contributed by atoms with Gasteiger partial charge in [0.25, 0.3) is 0 Å². The molecule has 0 radical (unpaired) electrons. The fraction of sp³-hybridized carbons (Fsp3) is 0.176. The van der Waals surface area contributed by atoms with Crippen molar-refractivity contribution < 1.29 is 13.9 Å². The third-order valence-corrected chi connectivity index (χ3v) is 3.46. The van der Waals surface area contributed by atoms with Crippen molar-refractivity contribution in [3.05, 3.63) is 48.0 Å². The molecule has 0 aliphatic heterocycles. The normalized spacial score (nSPS) is 12.3. The maximum atomic E-state index is 13.6. The minimum Gasteiger partial charge on any atom is -0.504 e. The Morgan fingerprint density at radius 1 is 1.21 bits per heavy atom. The monoisotopic (exact) mass is 330 g/mol. The maximum absolute atomic E-state index is 13.6. The Morgan fingerprint density at radius 2 is 1.96 bits per heavy atom. The fourth-order valence-corrected chi connectivity index (χ4v) is 2.33. The number of aromatic hydroxyl groups is 1. The summed E-state index contributed by atoms with van der Waals surface area (Å²) in [7, 11) is 0. The van der Waals surface area contributed by atoms with Crippen LogP contribution in [-0.2, 0) is 0 Å². The summed E-state index contributed by atoms with van der Waals surface area (Å²) in [4.78, 5) is 8.62. The fourth-order valence-electron chi connectivity index (χ4n) is 2.33.